The van der Waals surface area contributed by atoms with Crippen LogP contribution in [0.1, 0.15) is 29.2 Å². The van der Waals surface area contributed by atoms with Crippen LogP contribution in [-0.4, -0.2) is 36.1 Å². The fraction of sp³-hybridized carbons (Fsp3) is 0.0690. The summed E-state index contributed by atoms with van der Waals surface area (Å²) in [5.74, 6) is 4.19. The number of nitrogens with zero attached hydrogens (tertiary/aromatic N) is 6. The summed E-state index contributed by atoms with van der Waals surface area (Å²) in [4.78, 5) is 28.7. The zero-order valence-corrected chi connectivity index (χ0v) is 36.7. The highest BCUT2D eigenvalue weighted by Crippen LogP contribution is 2.46. The Kier molecular flexibility index (Phi) is 11.9. The Balaban J connectivity index is 0.839. The van der Waals surface area contributed by atoms with E-state index in [0.29, 0.717) is 52.9 Å². The average Bonchev–Trinajstić information content (AvgIpc) is 3.40. The summed E-state index contributed by atoms with van der Waals surface area (Å²) in [6.07, 6.45) is -4.06. The molecule has 0 spiro atoms. The molecule has 0 bridgehead atoms. The highest BCUT2D eigenvalue weighted by atomic mass is 19.4. The van der Waals surface area contributed by atoms with Gasteiger partial charge in [-0.25, -0.2) is 29.9 Å². The summed E-state index contributed by atoms with van der Waals surface area (Å²) in [5.41, 5.74) is 4.89. The van der Waals surface area contributed by atoms with Crippen molar-refractivity contribution in [3.63, 3.8) is 0 Å². The molecule has 68 heavy (non-hydrogen) atoms. The molecule has 2 aromatic heterocycles. The molecule has 0 radical (unpaired) electrons. The van der Waals surface area contributed by atoms with Gasteiger partial charge < -0.3 is 4.74 Å². The smallest absolute Gasteiger partial charge is 0.402 e. The summed E-state index contributed by atoms with van der Waals surface area (Å²) in [6.45, 7) is 1.22. The third kappa shape index (κ3) is 9.25. The maximum Gasteiger partial charge on any atom is 0.402 e. The topological polar surface area (TPSA) is 86.6 Å². The molecule has 0 amide bonds. The second-order valence-corrected chi connectivity index (χ2v) is 16.4. The van der Waals surface area contributed by atoms with Gasteiger partial charge in [-0.15, -0.1) is 0 Å². The van der Waals surface area contributed by atoms with Crippen molar-refractivity contribution in [3.8, 4) is 79.8 Å². The zero-order chi connectivity index (χ0) is 46.5. The predicted octanol–water partition coefficient (Wildman–Crippen LogP) is 14.3. The van der Waals surface area contributed by atoms with E-state index in [9.17, 15) is 0 Å². The van der Waals surface area contributed by atoms with E-state index in [1.807, 2.05) is 158 Å². The Hall–Kier alpha value is -8.63. The summed E-state index contributed by atoms with van der Waals surface area (Å²) in [6, 6.07) is 67.0. The SMILES string of the molecule is CC(c1ccc(Cc2ccc(-c3nc(-c4ccccc4)nc(-c4ccccc4)n3)cc2)cc1)(c1ccc(Oc2ccc(-c3nc(-c4ccccc4)nc(-c4ccccc4)n3)cc2)cc1)C(F)(F)F. The minimum absolute atomic E-state index is 0.0958. The molecule has 1 unspecified atom stereocenters. The highest BCUT2D eigenvalue weighted by molar-refractivity contribution is 5.68. The predicted molar refractivity (Wildman–Crippen MR) is 261 cm³/mol. The number of rotatable bonds is 12. The lowest BCUT2D eigenvalue weighted by atomic mass is 9.75. The van der Waals surface area contributed by atoms with Crippen LogP contribution < -0.4 is 4.74 Å². The van der Waals surface area contributed by atoms with Crippen molar-refractivity contribution < 1.29 is 17.9 Å². The maximum atomic E-state index is 15.2. The highest BCUT2D eigenvalue weighted by Gasteiger charge is 2.53. The van der Waals surface area contributed by atoms with Crippen molar-refractivity contribution in [2.24, 2.45) is 0 Å². The van der Waals surface area contributed by atoms with Gasteiger partial charge in [0.1, 0.15) is 16.9 Å². The van der Waals surface area contributed by atoms with Gasteiger partial charge in [-0.3, -0.25) is 0 Å². The molecule has 0 aliphatic heterocycles. The lowest BCUT2D eigenvalue weighted by Crippen LogP contribution is -2.40. The Morgan fingerprint density at radius 2 is 0.574 bits per heavy atom. The average molecular weight is 895 g/mol. The lowest BCUT2D eigenvalue weighted by Gasteiger charge is -2.33. The van der Waals surface area contributed by atoms with Crippen LogP contribution in [0.25, 0.3) is 68.3 Å². The number of alkyl halides is 3. The summed E-state index contributed by atoms with van der Waals surface area (Å²) in [5, 5.41) is 0. The normalized spacial score (nSPS) is 12.3. The van der Waals surface area contributed by atoms with Gasteiger partial charge in [0.05, 0.1) is 0 Å². The lowest BCUT2D eigenvalue weighted by molar-refractivity contribution is -0.173. The zero-order valence-electron chi connectivity index (χ0n) is 36.7. The number of aromatic nitrogens is 6. The molecule has 0 aliphatic carbocycles. The van der Waals surface area contributed by atoms with Crippen LogP contribution in [0.4, 0.5) is 13.2 Å². The minimum atomic E-state index is -4.59. The van der Waals surface area contributed by atoms with Crippen LogP contribution >= 0.6 is 0 Å². The van der Waals surface area contributed by atoms with Gasteiger partial charge in [-0.1, -0.05) is 182 Å². The van der Waals surface area contributed by atoms with Gasteiger partial charge in [-0.05, 0) is 72.0 Å². The Morgan fingerprint density at radius 1 is 0.324 bits per heavy atom. The van der Waals surface area contributed by atoms with E-state index < -0.39 is 11.6 Å². The molecule has 0 saturated carbocycles. The monoisotopic (exact) mass is 894 g/mol. The van der Waals surface area contributed by atoms with Crippen LogP contribution in [-0.2, 0) is 11.8 Å². The summed E-state index contributed by atoms with van der Waals surface area (Å²) < 4.78 is 51.6. The summed E-state index contributed by atoms with van der Waals surface area (Å²) in [7, 11) is 0. The number of hydrogen-bond donors (Lipinski definition) is 0. The molecule has 10 aromatic rings. The standard InChI is InChI=1S/C58H41F3N6O/c1-57(58(59,60)61,47-30-24-40(25-31-47)38-39-22-26-45(27-23-39)55-64-51(41-14-6-2-7-15-41)62-52(65-55)42-16-8-3-9-17-42)48-32-36-50(37-33-48)68-49-34-28-46(29-35-49)56-66-53(43-18-10-4-11-19-43)63-54(67-56)44-20-12-5-13-21-44/h2-37H,38H2,1H3. The molecule has 0 saturated heterocycles. The van der Waals surface area contributed by atoms with Gasteiger partial charge in [0.15, 0.2) is 34.9 Å². The van der Waals surface area contributed by atoms with Crippen molar-refractivity contribution in [2.75, 3.05) is 0 Å². The molecule has 1 atom stereocenters. The first-order chi connectivity index (χ1) is 33.2. The minimum Gasteiger partial charge on any atom is -0.457 e. The maximum absolute atomic E-state index is 15.2. The van der Waals surface area contributed by atoms with E-state index in [-0.39, 0.29) is 11.1 Å². The fourth-order valence-electron chi connectivity index (χ4n) is 8.00. The Labute approximate surface area is 391 Å². The van der Waals surface area contributed by atoms with Gasteiger partial charge in [0, 0.05) is 33.4 Å². The molecular weight excluding hydrogens is 854 g/mol. The van der Waals surface area contributed by atoms with E-state index in [2.05, 4.69) is 0 Å². The van der Waals surface area contributed by atoms with Crippen molar-refractivity contribution in [3.05, 3.63) is 241 Å². The van der Waals surface area contributed by atoms with Crippen LogP contribution in [0.2, 0.25) is 0 Å². The van der Waals surface area contributed by atoms with Crippen molar-refractivity contribution in [1.82, 2.24) is 29.9 Å². The molecule has 8 aromatic carbocycles. The van der Waals surface area contributed by atoms with Crippen molar-refractivity contribution in [1.29, 1.82) is 0 Å². The van der Waals surface area contributed by atoms with Gasteiger partial charge >= 0.3 is 6.18 Å². The van der Waals surface area contributed by atoms with Gasteiger partial charge in [-0.2, -0.15) is 13.2 Å². The van der Waals surface area contributed by atoms with Crippen LogP contribution in [0.5, 0.6) is 11.5 Å². The first kappa shape index (κ1) is 43.3. The molecule has 10 rings (SSSR count). The van der Waals surface area contributed by atoms with Crippen molar-refractivity contribution in [2.45, 2.75) is 24.9 Å². The molecular formula is C58H41F3N6O. The largest absolute Gasteiger partial charge is 0.457 e. The van der Waals surface area contributed by atoms with Crippen LogP contribution in [0.3, 0.4) is 0 Å². The second-order valence-electron chi connectivity index (χ2n) is 16.4. The van der Waals surface area contributed by atoms with Gasteiger partial charge in [0.2, 0.25) is 0 Å². The number of benzene rings is 8. The van der Waals surface area contributed by atoms with E-state index in [4.69, 9.17) is 34.6 Å². The number of halogens is 3. The molecule has 10 heteroatoms. The molecule has 330 valence electrons. The third-order valence-electron chi connectivity index (χ3n) is 11.9. The van der Waals surface area contributed by atoms with E-state index in [1.54, 1.807) is 48.5 Å². The Morgan fingerprint density at radius 3 is 0.882 bits per heavy atom. The first-order valence-corrected chi connectivity index (χ1v) is 22.0. The quantitative estimate of drug-likeness (QED) is 0.121. The molecule has 0 aliphatic rings. The van der Waals surface area contributed by atoms with E-state index in [0.717, 1.165) is 44.5 Å². The fourth-order valence-corrected chi connectivity index (χ4v) is 8.00. The van der Waals surface area contributed by atoms with Crippen LogP contribution in [0, 0.1) is 0 Å². The third-order valence-corrected chi connectivity index (χ3v) is 11.9. The van der Waals surface area contributed by atoms with E-state index >= 15 is 13.2 Å². The Bertz CT molecular complexity index is 2950. The second kappa shape index (κ2) is 18.7. The van der Waals surface area contributed by atoms with Gasteiger partial charge in [0.25, 0.3) is 0 Å². The van der Waals surface area contributed by atoms with Crippen LogP contribution in [0.15, 0.2) is 218 Å². The van der Waals surface area contributed by atoms with Crippen molar-refractivity contribution >= 4 is 0 Å². The molecule has 0 N–H and O–H groups in total. The first-order valence-electron chi connectivity index (χ1n) is 22.0. The molecule has 0 fully saturated rings. The molecule has 7 nitrogen and oxygen atoms in total. The summed E-state index contributed by atoms with van der Waals surface area (Å²) >= 11 is 0. The molecule has 2 heterocycles. The number of ether oxygens (including phenoxy) is 1. The van der Waals surface area contributed by atoms with E-state index in [1.165, 1.54) is 19.1 Å². The number of hydrogen-bond acceptors (Lipinski definition) is 7.